The molecule has 1 aliphatic carbocycles. The molecule has 9 nitrogen and oxygen atoms in total. The zero-order valence-electron chi connectivity index (χ0n) is 14.9. The molecule has 4 aliphatic rings. The summed E-state index contributed by atoms with van der Waals surface area (Å²) in [4.78, 5) is 23.3. The fourth-order valence-corrected chi connectivity index (χ4v) is 4.57. The van der Waals surface area contributed by atoms with Gasteiger partial charge in [-0.2, -0.15) is 4.99 Å². The lowest BCUT2D eigenvalue weighted by Gasteiger charge is -2.45. The molecule has 3 heterocycles. The van der Waals surface area contributed by atoms with Crippen LogP contribution >= 0.6 is 0 Å². The fourth-order valence-electron chi connectivity index (χ4n) is 4.57. The summed E-state index contributed by atoms with van der Waals surface area (Å²) >= 11 is 0. The van der Waals surface area contributed by atoms with Gasteiger partial charge in [0.2, 0.25) is 11.9 Å². The highest BCUT2D eigenvalue weighted by atomic mass is 16.7. The minimum Gasteiger partial charge on any atom is -0.369 e. The predicted octanol–water partition coefficient (Wildman–Crippen LogP) is 0.948. The Morgan fingerprint density at radius 1 is 1.11 bits per heavy atom. The molecule has 142 valence electrons. The third kappa shape index (κ3) is 2.28. The minimum atomic E-state index is -1.38. The Bertz CT molecular complexity index is 868. The van der Waals surface area contributed by atoms with Crippen molar-refractivity contribution in [1.82, 2.24) is 0 Å². The van der Waals surface area contributed by atoms with Crippen LogP contribution in [0.15, 0.2) is 28.2 Å². The van der Waals surface area contributed by atoms with E-state index in [9.17, 15) is 4.79 Å². The molecule has 0 atom stereocenters. The van der Waals surface area contributed by atoms with Gasteiger partial charge in [0.25, 0.3) is 11.7 Å². The molecule has 0 unspecified atom stereocenters. The molecule has 0 aromatic heterocycles. The van der Waals surface area contributed by atoms with Crippen molar-refractivity contribution in [2.45, 2.75) is 43.6 Å². The van der Waals surface area contributed by atoms with Gasteiger partial charge >= 0.3 is 0 Å². The van der Waals surface area contributed by atoms with Crippen molar-refractivity contribution in [1.29, 1.82) is 0 Å². The minimum absolute atomic E-state index is 0.211. The Hall–Kier alpha value is -2.65. The third-order valence-corrected chi connectivity index (χ3v) is 5.71. The van der Waals surface area contributed by atoms with Crippen LogP contribution in [-0.4, -0.2) is 36.7 Å². The summed E-state index contributed by atoms with van der Waals surface area (Å²) in [5.41, 5.74) is 13.8. The second-order valence-corrected chi connectivity index (χ2v) is 7.32. The summed E-state index contributed by atoms with van der Waals surface area (Å²) < 4.78 is 11.4. The summed E-state index contributed by atoms with van der Waals surface area (Å²) in [6.07, 6.45) is 4.94. The molecule has 5 N–H and O–H groups in total. The van der Waals surface area contributed by atoms with Gasteiger partial charge in [-0.3, -0.25) is 9.69 Å². The van der Waals surface area contributed by atoms with Crippen LogP contribution in [0.5, 0.6) is 0 Å². The first-order valence-electron chi connectivity index (χ1n) is 9.28. The van der Waals surface area contributed by atoms with Crippen molar-refractivity contribution in [2.75, 3.05) is 23.4 Å². The van der Waals surface area contributed by atoms with Gasteiger partial charge in [0.05, 0.1) is 18.9 Å². The van der Waals surface area contributed by atoms with Crippen LogP contribution in [0.1, 0.15) is 37.7 Å². The van der Waals surface area contributed by atoms with Crippen molar-refractivity contribution in [3.05, 3.63) is 23.8 Å². The van der Waals surface area contributed by atoms with Crippen LogP contribution in [-0.2, 0) is 20.1 Å². The van der Waals surface area contributed by atoms with Crippen molar-refractivity contribution in [3.8, 4) is 0 Å². The van der Waals surface area contributed by atoms with Crippen LogP contribution in [0.3, 0.4) is 0 Å². The quantitative estimate of drug-likeness (QED) is 0.675. The number of ether oxygens (including phenoxy) is 2. The number of aliphatic imine (C=N–C) groups is 2. The first-order valence-corrected chi connectivity index (χ1v) is 9.28. The van der Waals surface area contributed by atoms with Crippen LogP contribution in [0.25, 0.3) is 0 Å². The van der Waals surface area contributed by atoms with Gasteiger partial charge in [-0.05, 0) is 43.9 Å². The van der Waals surface area contributed by atoms with E-state index in [1.165, 1.54) is 0 Å². The molecule has 1 saturated heterocycles. The summed E-state index contributed by atoms with van der Waals surface area (Å²) in [7, 11) is 0. The maximum Gasteiger partial charge on any atom is 0.289 e. The molecular formula is C18H22N6O3. The van der Waals surface area contributed by atoms with Gasteiger partial charge in [-0.1, -0.05) is 6.42 Å². The summed E-state index contributed by atoms with van der Waals surface area (Å²) in [6.45, 7) is 0.740. The Labute approximate surface area is 156 Å². The molecule has 9 heteroatoms. The van der Waals surface area contributed by atoms with Crippen molar-refractivity contribution < 1.29 is 14.3 Å². The molecule has 0 bridgehead atoms. The molecule has 5 rings (SSSR count). The second kappa shape index (κ2) is 5.67. The van der Waals surface area contributed by atoms with E-state index in [-0.39, 0.29) is 11.9 Å². The van der Waals surface area contributed by atoms with Crippen molar-refractivity contribution in [2.24, 2.45) is 21.5 Å². The van der Waals surface area contributed by atoms with Crippen LogP contribution in [0, 0.1) is 0 Å². The van der Waals surface area contributed by atoms with E-state index < -0.39 is 11.4 Å². The summed E-state index contributed by atoms with van der Waals surface area (Å²) in [5.74, 6) is -1.16. The second-order valence-electron chi connectivity index (χ2n) is 7.32. The van der Waals surface area contributed by atoms with Crippen LogP contribution in [0.2, 0.25) is 0 Å². The standard InChI is InChI=1S/C18H22N6O3/c19-15-22-16(20)24(17(23-15)6-2-1-3-7-17)11-4-5-13-12(10-11)18(14(25)21-13)26-8-9-27-18/h4-5,10H,1-3,6-9H2,(H,21,25)(H4,19,20,22,23). The Morgan fingerprint density at radius 3 is 2.59 bits per heavy atom. The summed E-state index contributed by atoms with van der Waals surface area (Å²) in [5, 5.41) is 2.83. The van der Waals surface area contributed by atoms with Gasteiger partial charge < -0.3 is 26.3 Å². The number of fused-ring (bicyclic) bond motifs is 2. The van der Waals surface area contributed by atoms with Gasteiger partial charge in [0.1, 0.15) is 5.66 Å². The van der Waals surface area contributed by atoms with Crippen molar-refractivity contribution >= 4 is 29.2 Å². The highest BCUT2D eigenvalue weighted by molar-refractivity contribution is 6.07. The molecule has 27 heavy (non-hydrogen) atoms. The van der Waals surface area contributed by atoms with Crippen LogP contribution < -0.4 is 21.7 Å². The lowest BCUT2D eigenvalue weighted by Crippen LogP contribution is -2.58. The molecule has 1 aromatic carbocycles. The van der Waals surface area contributed by atoms with E-state index in [1.54, 1.807) is 0 Å². The van der Waals surface area contributed by atoms with Gasteiger partial charge in [-0.25, -0.2) is 4.99 Å². The lowest BCUT2D eigenvalue weighted by atomic mass is 9.87. The lowest BCUT2D eigenvalue weighted by molar-refractivity contribution is -0.178. The zero-order chi connectivity index (χ0) is 18.6. The van der Waals surface area contributed by atoms with E-state index in [4.69, 9.17) is 20.9 Å². The SMILES string of the molecule is NC1=NC2(CCCCC2)N(c2ccc3c(c2)C2(OCCO2)C(=O)N3)C(N)=N1. The average molecular weight is 370 g/mol. The normalized spacial score (nSPS) is 25.3. The first-order chi connectivity index (χ1) is 13.0. The molecule has 3 aliphatic heterocycles. The monoisotopic (exact) mass is 370 g/mol. The van der Waals surface area contributed by atoms with E-state index in [0.717, 1.165) is 37.8 Å². The largest absolute Gasteiger partial charge is 0.369 e. The highest BCUT2D eigenvalue weighted by Crippen LogP contribution is 2.46. The maximum absolute atomic E-state index is 12.5. The number of nitrogens with two attached hydrogens (primary N) is 2. The fraction of sp³-hybridized carbons (Fsp3) is 0.500. The van der Waals surface area contributed by atoms with Gasteiger partial charge in [-0.15, -0.1) is 0 Å². The molecule has 1 aromatic rings. The van der Waals surface area contributed by atoms with Gasteiger partial charge in [0.15, 0.2) is 0 Å². The molecule has 1 amide bonds. The number of hydrogen-bond donors (Lipinski definition) is 3. The number of carbonyl (C=O) groups excluding carboxylic acids is 1. The number of anilines is 2. The number of benzene rings is 1. The Kier molecular flexibility index (Phi) is 3.47. The summed E-state index contributed by atoms with van der Waals surface area (Å²) in [6, 6.07) is 5.63. The molecule has 1 saturated carbocycles. The third-order valence-electron chi connectivity index (χ3n) is 5.71. The average Bonchev–Trinajstić information content (AvgIpc) is 3.23. The smallest absolute Gasteiger partial charge is 0.289 e. The molecule has 0 radical (unpaired) electrons. The van der Waals surface area contributed by atoms with Gasteiger partial charge in [0, 0.05) is 11.3 Å². The van der Waals surface area contributed by atoms with E-state index in [2.05, 4.69) is 15.3 Å². The number of nitrogens with one attached hydrogen (secondary N) is 1. The first kappa shape index (κ1) is 16.5. The van der Waals surface area contributed by atoms with E-state index in [1.807, 2.05) is 23.1 Å². The molecule has 2 spiro atoms. The number of amides is 1. The topological polar surface area (TPSA) is 128 Å². The zero-order valence-corrected chi connectivity index (χ0v) is 14.9. The highest BCUT2D eigenvalue weighted by Gasteiger charge is 2.53. The number of carbonyl (C=O) groups is 1. The molecule has 2 fully saturated rings. The molecular weight excluding hydrogens is 348 g/mol. The number of hydrogen-bond acceptors (Lipinski definition) is 8. The number of rotatable bonds is 1. The van der Waals surface area contributed by atoms with Crippen LogP contribution in [0.4, 0.5) is 11.4 Å². The number of nitrogens with zero attached hydrogens (tertiary/aromatic N) is 3. The Balaban J connectivity index is 1.62. The predicted molar refractivity (Wildman–Crippen MR) is 100 cm³/mol. The Morgan fingerprint density at radius 2 is 1.85 bits per heavy atom. The van der Waals surface area contributed by atoms with E-state index >= 15 is 0 Å². The van der Waals surface area contributed by atoms with E-state index in [0.29, 0.717) is 30.4 Å². The number of guanidine groups is 2. The van der Waals surface area contributed by atoms with Crippen molar-refractivity contribution in [3.63, 3.8) is 0 Å². The maximum atomic E-state index is 12.5.